The van der Waals surface area contributed by atoms with Gasteiger partial charge in [0.05, 0.1) is 38.9 Å². The van der Waals surface area contributed by atoms with Crippen molar-refractivity contribution in [3.05, 3.63) is 324 Å². The second kappa shape index (κ2) is 17.3. The van der Waals surface area contributed by atoms with E-state index in [1.54, 1.807) is 0 Å². The van der Waals surface area contributed by atoms with Crippen molar-refractivity contribution in [3.63, 3.8) is 0 Å². The summed E-state index contributed by atoms with van der Waals surface area (Å²) in [5, 5.41) is 5.03. The molecular formula is C85H58N2. The maximum Gasteiger partial charge on any atom is 0.0726 e. The van der Waals surface area contributed by atoms with Crippen LogP contribution in [0.2, 0.25) is 0 Å². The summed E-state index contributed by atoms with van der Waals surface area (Å²) >= 11 is 0. The van der Waals surface area contributed by atoms with Gasteiger partial charge in [0.1, 0.15) is 0 Å². The van der Waals surface area contributed by atoms with Crippen LogP contribution in [0.15, 0.2) is 279 Å². The predicted octanol–water partition coefficient (Wildman–Crippen LogP) is 21.8. The fraction of sp³-hybridized carbons (Fsp3) is 0.0824. The highest BCUT2D eigenvalue weighted by Gasteiger charge is 2.50. The van der Waals surface area contributed by atoms with Gasteiger partial charge in [0.15, 0.2) is 0 Å². The first kappa shape index (κ1) is 48.8. The Morgan fingerprint density at radius 1 is 0.218 bits per heavy atom. The van der Waals surface area contributed by atoms with Gasteiger partial charge in [-0.25, -0.2) is 0 Å². The highest BCUT2D eigenvalue weighted by Crippen LogP contribution is 2.63. The molecule has 1 atom stereocenters. The first-order valence-corrected chi connectivity index (χ1v) is 30.8. The van der Waals surface area contributed by atoms with Crippen molar-refractivity contribution in [2.45, 2.75) is 43.9 Å². The Bertz CT molecular complexity index is 5530. The van der Waals surface area contributed by atoms with E-state index >= 15 is 0 Å². The molecule has 19 rings (SSSR count). The number of aromatic nitrogens is 2. The molecule has 408 valence electrons. The molecule has 2 aromatic heterocycles. The lowest BCUT2D eigenvalue weighted by molar-refractivity contribution is 0.661. The zero-order chi connectivity index (χ0) is 57.7. The van der Waals surface area contributed by atoms with Crippen molar-refractivity contribution in [3.8, 4) is 89.3 Å². The number of para-hydroxylation sites is 1. The highest BCUT2D eigenvalue weighted by atomic mass is 15.0. The Balaban J connectivity index is 0.917. The van der Waals surface area contributed by atoms with Crippen LogP contribution in [0.5, 0.6) is 0 Å². The summed E-state index contributed by atoms with van der Waals surface area (Å²) < 4.78 is 5.22. The van der Waals surface area contributed by atoms with Crippen LogP contribution in [0.4, 0.5) is 0 Å². The third-order valence-electron chi connectivity index (χ3n) is 21.0. The van der Waals surface area contributed by atoms with Crippen LogP contribution >= 0.6 is 0 Å². The van der Waals surface area contributed by atoms with Gasteiger partial charge >= 0.3 is 0 Å². The molecule has 87 heavy (non-hydrogen) atoms. The third kappa shape index (κ3) is 6.24. The van der Waals surface area contributed by atoms with E-state index in [-0.39, 0.29) is 10.8 Å². The maximum atomic E-state index is 2.62. The molecule has 0 radical (unpaired) electrons. The van der Waals surface area contributed by atoms with Gasteiger partial charge in [0.25, 0.3) is 0 Å². The Labute approximate surface area is 506 Å². The maximum absolute atomic E-state index is 2.62. The van der Waals surface area contributed by atoms with Crippen LogP contribution in [0.25, 0.3) is 133 Å². The summed E-state index contributed by atoms with van der Waals surface area (Å²) in [6.07, 6.45) is 0. The fourth-order valence-corrected chi connectivity index (χ4v) is 17.2. The van der Waals surface area contributed by atoms with Gasteiger partial charge in [-0.3, -0.25) is 0 Å². The standard InChI is InChI=1S/C85H58N2/c1-83(2)67-35-16-10-29-56(67)62-47-65-58-31-15-21-41-75(58)86(79(65)49-73(62)83)77-42-22-34-60-55-28-13-19-38-70(55)85(69-37-18-12-27-54(69)53-26-8-9-32-59(53)81(60)77)71-39-20-14-33-61(71)82-72(85)40-23-43-78(82)87-76-45-44-52(51-24-6-5-7-25-51)46-64(76)66-48-63-57-30-11-17-36-68(57)84(3,4)74(63)50-80(66)87/h5-50H,1-4H3. The molecular weight excluding hydrogens is 1050 g/mol. The number of hydrogen-bond acceptors (Lipinski definition) is 0. The highest BCUT2D eigenvalue weighted by molar-refractivity contribution is 6.15. The van der Waals surface area contributed by atoms with Gasteiger partial charge < -0.3 is 9.13 Å². The predicted molar refractivity (Wildman–Crippen MR) is 363 cm³/mol. The van der Waals surface area contributed by atoms with Crippen molar-refractivity contribution in [2.24, 2.45) is 0 Å². The SMILES string of the molecule is CC1(C)c2ccccc2-c2cc3c4ccccc4n(-c4cccc5c4-c4ccccc4-c4ccccc4C4(c6ccccc6-5)c5ccccc5-c5c(-n6c7ccc(-c8ccccc8)cc7c7cc8c(cc76)C(C)(C)c6ccccc6-8)cccc54)c3cc21. The van der Waals surface area contributed by atoms with Crippen molar-refractivity contribution in [1.82, 2.24) is 9.13 Å². The normalized spacial score (nSPS) is 15.8. The minimum atomic E-state index is -0.766. The van der Waals surface area contributed by atoms with Crippen molar-refractivity contribution in [2.75, 3.05) is 0 Å². The molecule has 0 N–H and O–H groups in total. The molecule has 0 aliphatic heterocycles. The van der Waals surface area contributed by atoms with E-state index in [4.69, 9.17) is 0 Å². The van der Waals surface area contributed by atoms with Crippen molar-refractivity contribution in [1.29, 1.82) is 0 Å². The van der Waals surface area contributed by atoms with Crippen LogP contribution in [0.3, 0.4) is 0 Å². The first-order valence-electron chi connectivity index (χ1n) is 30.8. The topological polar surface area (TPSA) is 9.86 Å². The third-order valence-corrected chi connectivity index (χ3v) is 21.0. The van der Waals surface area contributed by atoms with Gasteiger partial charge in [-0.2, -0.15) is 0 Å². The van der Waals surface area contributed by atoms with Crippen molar-refractivity contribution < 1.29 is 0 Å². The molecule has 13 aromatic carbocycles. The minimum Gasteiger partial charge on any atom is -0.309 e. The lowest BCUT2D eigenvalue weighted by Crippen LogP contribution is -2.30. The zero-order valence-corrected chi connectivity index (χ0v) is 49.0. The average Bonchev–Trinajstić information content (AvgIpc) is 1.55. The van der Waals surface area contributed by atoms with Crippen LogP contribution < -0.4 is 0 Å². The molecule has 0 bridgehead atoms. The van der Waals surface area contributed by atoms with Gasteiger partial charge in [-0.05, 0) is 166 Å². The molecule has 1 spiro atoms. The Hall–Kier alpha value is -10.5. The molecule has 0 fully saturated rings. The lowest BCUT2D eigenvalue weighted by atomic mass is 9.64. The molecule has 0 saturated heterocycles. The van der Waals surface area contributed by atoms with E-state index < -0.39 is 5.41 Å². The Morgan fingerprint density at radius 3 is 1.25 bits per heavy atom. The summed E-state index contributed by atoms with van der Waals surface area (Å²) in [7, 11) is 0. The lowest BCUT2D eigenvalue weighted by Gasteiger charge is -2.37. The van der Waals surface area contributed by atoms with E-state index in [9.17, 15) is 0 Å². The van der Waals surface area contributed by atoms with Gasteiger partial charge in [0.2, 0.25) is 0 Å². The van der Waals surface area contributed by atoms with Crippen molar-refractivity contribution >= 4 is 43.6 Å². The summed E-state index contributed by atoms with van der Waals surface area (Å²) in [4.78, 5) is 0. The van der Waals surface area contributed by atoms with E-state index in [2.05, 4.69) is 316 Å². The summed E-state index contributed by atoms with van der Waals surface area (Å²) in [5.74, 6) is 0. The second-order valence-corrected chi connectivity index (χ2v) is 25.8. The molecule has 2 heterocycles. The fourth-order valence-electron chi connectivity index (χ4n) is 17.2. The summed E-state index contributed by atoms with van der Waals surface area (Å²) in [6.45, 7) is 9.61. The molecule has 2 heteroatoms. The summed E-state index contributed by atoms with van der Waals surface area (Å²) in [5.41, 5.74) is 34.2. The number of hydrogen-bond donors (Lipinski definition) is 0. The molecule has 4 aliphatic carbocycles. The molecule has 2 nitrogen and oxygen atoms in total. The van der Waals surface area contributed by atoms with Gasteiger partial charge in [-0.15, -0.1) is 0 Å². The van der Waals surface area contributed by atoms with Gasteiger partial charge in [-0.1, -0.05) is 252 Å². The first-order chi connectivity index (χ1) is 42.7. The van der Waals surface area contributed by atoms with E-state index in [0.29, 0.717) is 0 Å². The number of rotatable bonds is 3. The molecule has 4 aliphatic rings. The van der Waals surface area contributed by atoms with E-state index in [1.807, 2.05) is 0 Å². The molecule has 15 aromatic rings. The average molecular weight is 1110 g/mol. The quantitative estimate of drug-likeness (QED) is 0.167. The monoisotopic (exact) mass is 1110 g/mol. The second-order valence-electron chi connectivity index (χ2n) is 25.8. The van der Waals surface area contributed by atoms with Crippen LogP contribution in [-0.2, 0) is 16.2 Å². The number of benzene rings is 13. The summed E-state index contributed by atoms with van der Waals surface area (Å²) in [6, 6.07) is 107. The smallest absolute Gasteiger partial charge is 0.0726 e. The number of nitrogens with zero attached hydrogens (tertiary/aromatic N) is 2. The largest absolute Gasteiger partial charge is 0.309 e. The molecule has 0 saturated carbocycles. The van der Waals surface area contributed by atoms with E-state index in [0.717, 1.165) is 5.69 Å². The van der Waals surface area contributed by atoms with Crippen LogP contribution in [-0.4, -0.2) is 9.13 Å². The Morgan fingerprint density at radius 2 is 0.632 bits per heavy atom. The Kier molecular flexibility index (Phi) is 9.71. The molecule has 0 amide bonds. The van der Waals surface area contributed by atoms with Gasteiger partial charge in [0, 0.05) is 43.5 Å². The zero-order valence-electron chi connectivity index (χ0n) is 49.0. The van der Waals surface area contributed by atoms with E-state index in [1.165, 1.54) is 172 Å². The minimum absolute atomic E-state index is 0.168. The molecule has 1 unspecified atom stereocenters. The van der Waals surface area contributed by atoms with Crippen LogP contribution in [0.1, 0.15) is 72.2 Å². The number of fused-ring (bicyclic) bond motifs is 26. The van der Waals surface area contributed by atoms with Crippen LogP contribution in [0, 0.1) is 0 Å².